The van der Waals surface area contributed by atoms with E-state index in [1.165, 1.54) is 18.2 Å². The van der Waals surface area contributed by atoms with E-state index in [0.717, 1.165) is 0 Å². The fraction of sp³-hybridized carbons (Fsp3) is 0. The molecular weight excluding hydrogens is 205 g/mol. The molecule has 1 aromatic carbocycles. The van der Waals surface area contributed by atoms with E-state index < -0.39 is 11.7 Å². The third kappa shape index (κ3) is 2.25. The minimum atomic E-state index is -0.790. The first-order chi connectivity index (χ1) is 7.61. The minimum Gasteiger partial charge on any atom is -0.366 e. The number of hydrogen-bond donors (Lipinski definition) is 1. The van der Waals surface area contributed by atoms with E-state index in [1.54, 1.807) is 18.2 Å². The molecule has 0 aliphatic carbocycles. The van der Waals surface area contributed by atoms with E-state index in [9.17, 15) is 9.18 Å². The Hall–Kier alpha value is -2.16. The van der Waals surface area contributed by atoms with Crippen molar-refractivity contribution in [2.24, 2.45) is 5.73 Å². The molecule has 1 amide bonds. The van der Waals surface area contributed by atoms with Crippen LogP contribution in [0, 0.1) is 5.82 Å². The van der Waals surface area contributed by atoms with E-state index in [4.69, 9.17) is 5.73 Å². The van der Waals surface area contributed by atoms with Crippen LogP contribution in [0.15, 0.2) is 49.6 Å². The SMILES string of the molecule is C=C/C=C(\C=C)c1cccc(C(N)=O)c1F.[HH]. The smallest absolute Gasteiger partial charge is 0.251 e. The maximum absolute atomic E-state index is 13.9. The molecule has 0 radical (unpaired) electrons. The molecule has 0 aliphatic heterocycles. The van der Waals surface area contributed by atoms with Crippen molar-refractivity contribution < 1.29 is 10.6 Å². The van der Waals surface area contributed by atoms with Crippen LogP contribution in [-0.4, -0.2) is 5.91 Å². The zero-order valence-corrected chi connectivity index (χ0v) is 8.74. The van der Waals surface area contributed by atoms with Crippen LogP contribution in [0.1, 0.15) is 17.3 Å². The van der Waals surface area contributed by atoms with Gasteiger partial charge in [0, 0.05) is 6.99 Å². The number of allylic oxidation sites excluding steroid dienone is 4. The third-order valence-electron chi connectivity index (χ3n) is 2.09. The zero-order valence-electron chi connectivity index (χ0n) is 8.74. The number of nitrogens with two attached hydrogens (primary N) is 1. The summed E-state index contributed by atoms with van der Waals surface area (Å²) in [4.78, 5) is 11.0. The highest BCUT2D eigenvalue weighted by Crippen LogP contribution is 2.21. The molecule has 0 bridgehead atoms. The molecule has 3 heteroatoms. The van der Waals surface area contributed by atoms with E-state index in [0.29, 0.717) is 5.57 Å². The predicted molar refractivity (Wildman–Crippen MR) is 65.4 cm³/mol. The molecule has 1 rings (SSSR count). The van der Waals surface area contributed by atoms with Crippen molar-refractivity contribution in [1.82, 2.24) is 0 Å². The zero-order chi connectivity index (χ0) is 12.1. The van der Waals surface area contributed by atoms with Gasteiger partial charge in [-0.1, -0.05) is 43.5 Å². The third-order valence-corrected chi connectivity index (χ3v) is 2.09. The minimum absolute atomic E-state index is 0. The molecule has 1 aromatic rings. The lowest BCUT2D eigenvalue weighted by Gasteiger charge is -2.06. The van der Waals surface area contributed by atoms with Gasteiger partial charge in [0.1, 0.15) is 5.82 Å². The van der Waals surface area contributed by atoms with Gasteiger partial charge in [-0.25, -0.2) is 4.39 Å². The van der Waals surface area contributed by atoms with Crippen LogP contribution in [0.3, 0.4) is 0 Å². The number of benzene rings is 1. The lowest BCUT2D eigenvalue weighted by atomic mass is 10.0. The molecule has 2 nitrogen and oxygen atoms in total. The van der Waals surface area contributed by atoms with Gasteiger partial charge in [-0.3, -0.25) is 4.79 Å². The largest absolute Gasteiger partial charge is 0.366 e. The molecule has 0 unspecified atom stereocenters. The Labute approximate surface area is 95.1 Å². The summed E-state index contributed by atoms with van der Waals surface area (Å²) in [6.07, 6.45) is 4.62. The number of carbonyl (C=O) groups excluding carboxylic acids is 1. The number of hydrogen-bond acceptors (Lipinski definition) is 1. The number of halogens is 1. The highest BCUT2D eigenvalue weighted by molar-refractivity contribution is 5.94. The Morgan fingerprint density at radius 3 is 2.50 bits per heavy atom. The average molecular weight is 219 g/mol. The van der Waals surface area contributed by atoms with Gasteiger partial charge in [-0.05, 0) is 11.6 Å². The number of primary amides is 1. The summed E-state index contributed by atoms with van der Waals surface area (Å²) in [5.74, 6) is -1.43. The maximum atomic E-state index is 13.9. The average Bonchev–Trinajstić information content (AvgIpc) is 2.26. The Morgan fingerprint density at radius 2 is 2.00 bits per heavy atom. The highest BCUT2D eigenvalue weighted by Gasteiger charge is 2.13. The molecule has 0 heterocycles. The molecule has 0 atom stereocenters. The Bertz CT molecular complexity index is 480. The van der Waals surface area contributed by atoms with E-state index >= 15 is 0 Å². The van der Waals surface area contributed by atoms with Crippen LogP contribution in [0.4, 0.5) is 4.39 Å². The van der Waals surface area contributed by atoms with Crippen LogP contribution < -0.4 is 5.73 Å². The van der Waals surface area contributed by atoms with E-state index in [2.05, 4.69) is 13.2 Å². The van der Waals surface area contributed by atoms with Gasteiger partial charge in [0.25, 0.3) is 5.91 Å². The summed E-state index contributed by atoms with van der Waals surface area (Å²) in [6.45, 7) is 7.10. The summed E-state index contributed by atoms with van der Waals surface area (Å²) in [6, 6.07) is 4.47. The molecule has 0 aromatic heterocycles. The molecule has 84 valence electrons. The van der Waals surface area contributed by atoms with Crippen LogP contribution in [-0.2, 0) is 0 Å². The molecule has 0 aliphatic rings. The Balaban J connectivity index is 0.00000256. The molecular formula is C13H14FNO. The monoisotopic (exact) mass is 219 g/mol. The first-order valence-electron chi connectivity index (χ1n) is 4.65. The lowest BCUT2D eigenvalue weighted by Crippen LogP contribution is -2.13. The molecule has 16 heavy (non-hydrogen) atoms. The lowest BCUT2D eigenvalue weighted by molar-refractivity contribution is 0.0996. The van der Waals surface area contributed by atoms with Gasteiger partial charge in [-0.15, -0.1) is 0 Å². The summed E-state index contributed by atoms with van der Waals surface area (Å²) in [5, 5.41) is 0. The quantitative estimate of drug-likeness (QED) is 0.777. The second-order valence-corrected chi connectivity index (χ2v) is 3.09. The molecule has 0 fully saturated rings. The highest BCUT2D eigenvalue weighted by atomic mass is 19.1. The molecule has 0 spiro atoms. The summed E-state index contributed by atoms with van der Waals surface area (Å²) >= 11 is 0. The van der Waals surface area contributed by atoms with Crippen molar-refractivity contribution >= 4 is 11.5 Å². The van der Waals surface area contributed by atoms with Crippen LogP contribution >= 0.6 is 0 Å². The van der Waals surface area contributed by atoms with Crippen molar-refractivity contribution in [2.75, 3.05) is 0 Å². The number of carbonyl (C=O) groups is 1. The van der Waals surface area contributed by atoms with Crippen molar-refractivity contribution in [3.05, 3.63) is 66.5 Å². The molecule has 2 N–H and O–H groups in total. The summed E-state index contributed by atoms with van der Waals surface area (Å²) in [5.41, 5.74) is 5.76. The standard InChI is InChI=1S/C13H12FNO.H2/c1-3-6-9(4-2)10-7-5-8-11(12(10)14)13(15)16;/h3-8H,1-2H2,(H2,15,16);1H/b9-6+;. The van der Waals surface area contributed by atoms with Crippen LogP contribution in [0.2, 0.25) is 0 Å². The molecule has 0 saturated heterocycles. The second-order valence-electron chi connectivity index (χ2n) is 3.09. The first kappa shape index (κ1) is 11.9. The molecule has 0 saturated carbocycles. The van der Waals surface area contributed by atoms with Crippen LogP contribution in [0.25, 0.3) is 5.57 Å². The van der Waals surface area contributed by atoms with Crippen molar-refractivity contribution in [1.29, 1.82) is 0 Å². The van der Waals surface area contributed by atoms with Gasteiger partial charge < -0.3 is 5.73 Å². The Morgan fingerprint density at radius 1 is 1.38 bits per heavy atom. The topological polar surface area (TPSA) is 43.1 Å². The van der Waals surface area contributed by atoms with Crippen LogP contribution in [0.5, 0.6) is 0 Å². The Kier molecular flexibility index (Phi) is 3.78. The van der Waals surface area contributed by atoms with Crippen molar-refractivity contribution in [2.45, 2.75) is 0 Å². The number of rotatable bonds is 4. The fourth-order valence-corrected chi connectivity index (χ4v) is 1.34. The maximum Gasteiger partial charge on any atom is 0.251 e. The predicted octanol–water partition coefficient (Wildman–Crippen LogP) is 2.93. The van der Waals surface area contributed by atoms with Crippen molar-refractivity contribution in [3.63, 3.8) is 0 Å². The number of amides is 1. The van der Waals surface area contributed by atoms with E-state index in [1.807, 2.05) is 0 Å². The fourth-order valence-electron chi connectivity index (χ4n) is 1.34. The van der Waals surface area contributed by atoms with Gasteiger partial charge >= 0.3 is 0 Å². The van der Waals surface area contributed by atoms with Gasteiger partial charge in [0.05, 0.1) is 5.56 Å². The van der Waals surface area contributed by atoms with Gasteiger partial charge in [0.15, 0.2) is 0 Å². The van der Waals surface area contributed by atoms with Crippen molar-refractivity contribution in [3.8, 4) is 0 Å². The van der Waals surface area contributed by atoms with E-state index in [-0.39, 0.29) is 12.6 Å². The van der Waals surface area contributed by atoms with Gasteiger partial charge in [0.2, 0.25) is 0 Å². The normalized spacial score (nSPS) is 10.9. The summed E-state index contributed by atoms with van der Waals surface area (Å²) < 4.78 is 13.9. The summed E-state index contributed by atoms with van der Waals surface area (Å²) in [7, 11) is 0. The second kappa shape index (κ2) is 5.07. The first-order valence-corrected chi connectivity index (χ1v) is 4.65. The van der Waals surface area contributed by atoms with Gasteiger partial charge in [-0.2, -0.15) is 0 Å².